The molecule has 0 spiro atoms. The summed E-state index contributed by atoms with van der Waals surface area (Å²) in [4.78, 5) is 49.3. The fourth-order valence-corrected chi connectivity index (χ4v) is 2.22. The molecule has 0 bridgehead atoms. The van der Waals surface area contributed by atoms with Crippen LogP contribution in [-0.2, 0) is 28.7 Å². The maximum absolute atomic E-state index is 12.7. The van der Waals surface area contributed by atoms with Crippen LogP contribution in [0, 0.1) is 0 Å². The highest BCUT2D eigenvalue weighted by Gasteiger charge is 2.52. The molecular formula is C18H26N2O6. The van der Waals surface area contributed by atoms with Gasteiger partial charge in [0.2, 0.25) is 11.4 Å². The van der Waals surface area contributed by atoms with E-state index >= 15 is 0 Å². The molecule has 0 aromatic carbocycles. The van der Waals surface area contributed by atoms with Gasteiger partial charge in [0.05, 0.1) is 19.6 Å². The van der Waals surface area contributed by atoms with Gasteiger partial charge in [0.25, 0.3) is 0 Å². The average Bonchev–Trinajstić information content (AvgIpc) is 2.54. The van der Waals surface area contributed by atoms with E-state index in [1.54, 1.807) is 6.92 Å². The number of nitrogens with one attached hydrogen (secondary N) is 1. The van der Waals surface area contributed by atoms with Gasteiger partial charge in [-0.3, -0.25) is 9.59 Å². The summed E-state index contributed by atoms with van der Waals surface area (Å²) >= 11 is 0. The molecule has 0 fully saturated rings. The molecule has 0 heterocycles. The fraction of sp³-hybridized carbons (Fsp3) is 0.444. The predicted molar refractivity (Wildman–Crippen MR) is 95.7 cm³/mol. The zero-order chi connectivity index (χ0) is 20.3. The van der Waals surface area contributed by atoms with Crippen molar-refractivity contribution in [3.8, 4) is 0 Å². The van der Waals surface area contributed by atoms with Crippen LogP contribution in [-0.4, -0.2) is 42.4 Å². The van der Waals surface area contributed by atoms with E-state index in [0.29, 0.717) is 0 Å². The Labute approximate surface area is 153 Å². The maximum atomic E-state index is 12.7. The number of carbonyl (C=O) groups excluding carboxylic acids is 4. The van der Waals surface area contributed by atoms with Crippen LogP contribution in [0.3, 0.4) is 0 Å². The van der Waals surface area contributed by atoms with Crippen LogP contribution in [0.15, 0.2) is 36.1 Å². The number of nitrogens with two attached hydrogens (primary N) is 1. The van der Waals surface area contributed by atoms with Crippen molar-refractivity contribution < 1.29 is 28.7 Å². The summed E-state index contributed by atoms with van der Waals surface area (Å²) in [6.07, 6.45) is 3.54. The van der Waals surface area contributed by atoms with E-state index in [9.17, 15) is 19.2 Å². The Morgan fingerprint density at radius 2 is 1.62 bits per heavy atom. The first kappa shape index (κ1) is 23.1. The maximum Gasteiger partial charge on any atom is 0.344 e. The van der Waals surface area contributed by atoms with Crippen LogP contribution >= 0.6 is 0 Å². The van der Waals surface area contributed by atoms with Crippen molar-refractivity contribution in [3.63, 3.8) is 0 Å². The van der Waals surface area contributed by atoms with Gasteiger partial charge >= 0.3 is 11.9 Å². The molecule has 0 radical (unpaired) electrons. The standard InChI is InChI=1S/C18H26N2O6/c1-6-10-14(19)13(7-2)15(22)11-18(20-12(5)21,16(23)25-8-3)17(24)26-9-4/h6-7,10H,1,8-9,11,19H2,2-5H3,(H,20,21)/b13-7+,14-10+. The van der Waals surface area contributed by atoms with Crippen LogP contribution in [0.25, 0.3) is 0 Å². The Hall–Kier alpha value is -2.90. The topological polar surface area (TPSA) is 125 Å². The summed E-state index contributed by atoms with van der Waals surface area (Å²) in [7, 11) is 0. The van der Waals surface area contributed by atoms with Gasteiger partial charge in [-0.2, -0.15) is 0 Å². The second-order valence-corrected chi connectivity index (χ2v) is 5.19. The molecule has 26 heavy (non-hydrogen) atoms. The van der Waals surface area contributed by atoms with E-state index in [-0.39, 0.29) is 24.5 Å². The van der Waals surface area contributed by atoms with Crippen molar-refractivity contribution in [2.75, 3.05) is 13.2 Å². The molecule has 0 atom stereocenters. The summed E-state index contributed by atoms with van der Waals surface area (Å²) in [6, 6.07) is 0. The van der Waals surface area contributed by atoms with Crippen molar-refractivity contribution in [1.82, 2.24) is 5.32 Å². The zero-order valence-electron chi connectivity index (χ0n) is 15.6. The van der Waals surface area contributed by atoms with Gasteiger partial charge < -0.3 is 20.5 Å². The van der Waals surface area contributed by atoms with Gasteiger partial charge in [-0.15, -0.1) is 0 Å². The Balaban J connectivity index is 6.12. The highest BCUT2D eigenvalue weighted by Crippen LogP contribution is 2.21. The lowest BCUT2D eigenvalue weighted by Gasteiger charge is -2.29. The number of amides is 1. The van der Waals surface area contributed by atoms with E-state index in [1.165, 1.54) is 32.1 Å². The third-order valence-corrected chi connectivity index (χ3v) is 3.26. The molecule has 0 aromatic rings. The monoisotopic (exact) mass is 366 g/mol. The predicted octanol–water partition coefficient (Wildman–Crippen LogP) is 0.922. The van der Waals surface area contributed by atoms with Crippen molar-refractivity contribution in [3.05, 3.63) is 36.1 Å². The average molecular weight is 366 g/mol. The minimum Gasteiger partial charge on any atom is -0.464 e. The zero-order valence-corrected chi connectivity index (χ0v) is 15.6. The highest BCUT2D eigenvalue weighted by molar-refractivity contribution is 6.13. The number of carbonyl (C=O) groups is 4. The number of esters is 2. The van der Waals surface area contributed by atoms with Crippen molar-refractivity contribution in [2.24, 2.45) is 5.73 Å². The summed E-state index contributed by atoms with van der Waals surface area (Å²) in [5.74, 6) is -3.50. The Morgan fingerprint density at radius 1 is 1.12 bits per heavy atom. The lowest BCUT2D eigenvalue weighted by Crippen LogP contribution is -2.62. The van der Waals surface area contributed by atoms with Crippen molar-refractivity contribution in [2.45, 2.75) is 39.7 Å². The van der Waals surface area contributed by atoms with Gasteiger partial charge in [-0.05, 0) is 26.8 Å². The van der Waals surface area contributed by atoms with Gasteiger partial charge in [0, 0.05) is 18.2 Å². The van der Waals surface area contributed by atoms with E-state index in [0.717, 1.165) is 6.92 Å². The number of hydrogen-bond acceptors (Lipinski definition) is 7. The molecule has 1 amide bonds. The Bertz CT molecular complexity index is 616. The smallest absolute Gasteiger partial charge is 0.344 e. The molecule has 0 aromatic heterocycles. The first-order chi connectivity index (χ1) is 12.2. The van der Waals surface area contributed by atoms with Gasteiger partial charge in [0.1, 0.15) is 0 Å². The largest absolute Gasteiger partial charge is 0.464 e. The summed E-state index contributed by atoms with van der Waals surface area (Å²) in [5.41, 5.74) is 3.70. The molecular weight excluding hydrogens is 340 g/mol. The van der Waals surface area contributed by atoms with Crippen molar-refractivity contribution in [1.29, 1.82) is 0 Å². The minimum atomic E-state index is -2.29. The molecule has 144 valence electrons. The molecule has 0 rings (SSSR count). The molecule has 0 aliphatic carbocycles. The molecule has 0 saturated heterocycles. The third kappa shape index (κ3) is 5.87. The first-order valence-electron chi connectivity index (χ1n) is 8.11. The van der Waals surface area contributed by atoms with Gasteiger partial charge in [-0.25, -0.2) is 9.59 Å². The third-order valence-electron chi connectivity index (χ3n) is 3.26. The highest BCUT2D eigenvalue weighted by atomic mass is 16.6. The van der Waals surface area contributed by atoms with Crippen LogP contribution in [0.1, 0.15) is 34.1 Å². The minimum absolute atomic E-state index is 0.0528. The van der Waals surface area contributed by atoms with Gasteiger partial charge in [-0.1, -0.05) is 18.7 Å². The van der Waals surface area contributed by atoms with Crippen LogP contribution in [0.5, 0.6) is 0 Å². The van der Waals surface area contributed by atoms with E-state index in [4.69, 9.17) is 15.2 Å². The molecule has 3 N–H and O–H groups in total. The van der Waals surface area contributed by atoms with E-state index in [2.05, 4.69) is 11.9 Å². The van der Waals surface area contributed by atoms with E-state index in [1.807, 2.05) is 0 Å². The number of allylic oxidation sites excluding steroid dienone is 4. The normalized spacial score (nSPS) is 12.2. The Kier molecular flexibility index (Phi) is 9.65. The quantitative estimate of drug-likeness (QED) is 0.255. The Morgan fingerprint density at radius 3 is 1.96 bits per heavy atom. The summed E-state index contributed by atoms with van der Waals surface area (Å²) in [5, 5.41) is 2.23. The number of ether oxygens (including phenoxy) is 2. The van der Waals surface area contributed by atoms with Crippen LogP contribution in [0.4, 0.5) is 0 Å². The van der Waals surface area contributed by atoms with E-state index < -0.39 is 35.6 Å². The molecule has 0 unspecified atom stereocenters. The fourth-order valence-electron chi connectivity index (χ4n) is 2.22. The first-order valence-corrected chi connectivity index (χ1v) is 8.11. The molecule has 0 aliphatic rings. The lowest BCUT2D eigenvalue weighted by atomic mass is 9.88. The molecule has 8 heteroatoms. The van der Waals surface area contributed by atoms with Crippen LogP contribution < -0.4 is 11.1 Å². The number of rotatable bonds is 10. The second kappa shape index (κ2) is 10.9. The van der Waals surface area contributed by atoms with Gasteiger partial charge in [0.15, 0.2) is 5.78 Å². The molecule has 0 aliphatic heterocycles. The number of Topliss-reactive ketones (excluding diaryl/α,β-unsaturated/α-hetero) is 1. The second-order valence-electron chi connectivity index (χ2n) is 5.19. The summed E-state index contributed by atoms with van der Waals surface area (Å²) < 4.78 is 9.82. The SMILES string of the molecule is C=C/C=C(N)\C(=C/C)C(=O)CC(NC(C)=O)(C(=O)OCC)C(=O)OCC. The summed E-state index contributed by atoms with van der Waals surface area (Å²) in [6.45, 7) is 9.14. The molecule has 8 nitrogen and oxygen atoms in total. The van der Waals surface area contributed by atoms with Crippen LogP contribution in [0.2, 0.25) is 0 Å². The van der Waals surface area contributed by atoms with Crippen molar-refractivity contribution >= 4 is 23.6 Å². The number of hydrogen-bond donors (Lipinski definition) is 2. The lowest BCUT2D eigenvalue weighted by molar-refractivity contribution is -0.169. The number of ketones is 1. The molecule has 0 saturated carbocycles.